The number of pyridine rings is 1. The molecular formula is C22H25NO3. The molecule has 0 amide bonds. The third-order valence-corrected chi connectivity index (χ3v) is 5.02. The summed E-state index contributed by atoms with van der Waals surface area (Å²) in [5.74, 6) is 1.13. The van der Waals surface area contributed by atoms with Crippen molar-refractivity contribution in [2.75, 3.05) is 13.2 Å². The Bertz CT molecular complexity index is 793. The minimum atomic E-state index is -0.310. The lowest BCUT2D eigenvalue weighted by atomic mass is 9.88. The fraction of sp³-hybridized carbons (Fsp3) is 0.409. The van der Waals surface area contributed by atoms with E-state index in [1.54, 1.807) is 0 Å². The lowest BCUT2D eigenvalue weighted by Gasteiger charge is -2.32. The molecule has 0 unspecified atom stereocenters. The summed E-state index contributed by atoms with van der Waals surface area (Å²) in [6.07, 6.45) is 8.03. The summed E-state index contributed by atoms with van der Waals surface area (Å²) in [5.41, 5.74) is 4.92. The molecule has 0 N–H and O–H groups in total. The Morgan fingerprint density at radius 3 is 2.46 bits per heavy atom. The number of hydrogen-bond acceptors (Lipinski definition) is 4. The highest BCUT2D eigenvalue weighted by atomic mass is 16.7. The number of ether oxygens (including phenoxy) is 3. The summed E-state index contributed by atoms with van der Waals surface area (Å²) in [6.45, 7) is 5.56. The van der Waals surface area contributed by atoms with E-state index in [1.807, 2.05) is 31.3 Å². The first-order valence-corrected chi connectivity index (χ1v) is 9.30. The van der Waals surface area contributed by atoms with Crippen molar-refractivity contribution < 1.29 is 14.2 Å². The van der Waals surface area contributed by atoms with Gasteiger partial charge in [-0.2, -0.15) is 0 Å². The second-order valence-corrected chi connectivity index (χ2v) is 7.27. The van der Waals surface area contributed by atoms with Gasteiger partial charge in [0.15, 0.2) is 5.79 Å². The summed E-state index contributed by atoms with van der Waals surface area (Å²) in [6, 6.07) is 10.2. The first kappa shape index (κ1) is 17.3. The summed E-state index contributed by atoms with van der Waals surface area (Å²) < 4.78 is 17.6. The van der Waals surface area contributed by atoms with Crippen molar-refractivity contribution in [3.05, 3.63) is 58.8 Å². The Morgan fingerprint density at radius 1 is 1.00 bits per heavy atom. The van der Waals surface area contributed by atoms with Crippen LogP contribution in [-0.2, 0) is 9.47 Å². The Morgan fingerprint density at radius 2 is 1.77 bits per heavy atom. The third kappa shape index (κ3) is 3.97. The lowest BCUT2D eigenvalue weighted by Crippen LogP contribution is -2.33. The maximum Gasteiger partial charge on any atom is 0.219 e. The highest BCUT2D eigenvalue weighted by Gasteiger charge is 2.38. The summed E-state index contributed by atoms with van der Waals surface area (Å²) in [4.78, 5) is 4.32. The molecule has 4 heteroatoms. The van der Waals surface area contributed by atoms with Crippen molar-refractivity contribution in [2.24, 2.45) is 0 Å². The van der Waals surface area contributed by atoms with Crippen molar-refractivity contribution in [1.29, 1.82) is 0 Å². The van der Waals surface area contributed by atoms with Gasteiger partial charge in [0, 0.05) is 25.1 Å². The number of rotatable bonds is 3. The van der Waals surface area contributed by atoms with Gasteiger partial charge in [-0.15, -0.1) is 0 Å². The quantitative estimate of drug-likeness (QED) is 0.763. The molecule has 4 rings (SSSR count). The molecule has 0 atom stereocenters. The largest absolute Gasteiger partial charge is 0.439 e. The van der Waals surface area contributed by atoms with Gasteiger partial charge in [0.1, 0.15) is 5.75 Å². The maximum absolute atomic E-state index is 5.94. The van der Waals surface area contributed by atoms with Gasteiger partial charge in [-0.05, 0) is 55.5 Å². The molecule has 0 radical (unpaired) electrons. The van der Waals surface area contributed by atoms with E-state index in [9.17, 15) is 0 Å². The topological polar surface area (TPSA) is 40.6 Å². The molecule has 2 aromatic rings. The number of benzene rings is 1. The number of hydrogen-bond donors (Lipinski definition) is 0. The maximum atomic E-state index is 5.94. The van der Waals surface area contributed by atoms with Gasteiger partial charge in [0.25, 0.3) is 0 Å². The standard InChI is InChI=1S/C22H25NO3/c1-16-3-4-21(23-15-16)26-20-12-17(2)11-19(14-20)13-18-5-7-22(8-6-18)24-9-10-25-22/h3-4,11-15H,5-10H2,1-2H3. The monoisotopic (exact) mass is 351 g/mol. The van der Waals surface area contributed by atoms with Gasteiger partial charge in [0.05, 0.1) is 13.2 Å². The van der Waals surface area contributed by atoms with Crippen molar-refractivity contribution in [3.63, 3.8) is 0 Å². The predicted octanol–water partition coefficient (Wildman–Crippen LogP) is 5.19. The van der Waals surface area contributed by atoms with Crippen LogP contribution in [0.1, 0.15) is 42.4 Å². The SMILES string of the molecule is Cc1ccc(Oc2cc(C)cc(C=C3CCC4(CC3)OCCO4)c2)nc1. The van der Waals surface area contributed by atoms with Gasteiger partial charge >= 0.3 is 0 Å². The molecule has 0 bridgehead atoms. The molecule has 1 aromatic heterocycles. The summed E-state index contributed by atoms with van der Waals surface area (Å²) in [7, 11) is 0. The van der Waals surface area contributed by atoms with Crippen molar-refractivity contribution in [3.8, 4) is 11.6 Å². The highest BCUT2D eigenvalue weighted by molar-refractivity contribution is 5.57. The molecule has 1 aromatic carbocycles. The zero-order valence-electron chi connectivity index (χ0n) is 15.5. The fourth-order valence-electron chi connectivity index (χ4n) is 3.67. The van der Waals surface area contributed by atoms with Gasteiger partial charge in [-0.3, -0.25) is 0 Å². The van der Waals surface area contributed by atoms with E-state index >= 15 is 0 Å². The van der Waals surface area contributed by atoms with Gasteiger partial charge in [-0.1, -0.05) is 23.8 Å². The average molecular weight is 351 g/mol. The van der Waals surface area contributed by atoms with Crippen molar-refractivity contribution in [2.45, 2.75) is 45.3 Å². The van der Waals surface area contributed by atoms with E-state index in [2.05, 4.69) is 30.1 Å². The van der Waals surface area contributed by atoms with Crippen molar-refractivity contribution >= 4 is 6.08 Å². The number of aryl methyl sites for hydroxylation is 2. The Hall–Kier alpha value is -2.17. The van der Waals surface area contributed by atoms with Crippen LogP contribution >= 0.6 is 0 Å². The average Bonchev–Trinajstić information content (AvgIpc) is 3.07. The first-order valence-electron chi connectivity index (χ1n) is 9.30. The molecule has 4 nitrogen and oxygen atoms in total. The van der Waals surface area contributed by atoms with E-state index < -0.39 is 0 Å². The number of allylic oxidation sites excluding steroid dienone is 1. The van der Waals surface area contributed by atoms with E-state index in [-0.39, 0.29) is 5.79 Å². The molecule has 26 heavy (non-hydrogen) atoms. The number of aromatic nitrogens is 1. The van der Waals surface area contributed by atoms with Crippen LogP contribution in [0, 0.1) is 13.8 Å². The zero-order valence-corrected chi connectivity index (χ0v) is 15.5. The van der Waals surface area contributed by atoms with Crippen LogP contribution in [0.2, 0.25) is 0 Å². The molecular weight excluding hydrogens is 326 g/mol. The third-order valence-electron chi connectivity index (χ3n) is 5.02. The Balaban J connectivity index is 1.48. The minimum absolute atomic E-state index is 0.310. The first-order chi connectivity index (χ1) is 12.6. The second kappa shape index (κ2) is 7.22. The number of nitrogens with zero attached hydrogens (tertiary/aromatic N) is 1. The molecule has 1 saturated heterocycles. The van der Waals surface area contributed by atoms with Gasteiger partial charge in [0.2, 0.25) is 5.88 Å². The zero-order chi connectivity index (χ0) is 18.0. The molecule has 1 saturated carbocycles. The van der Waals surface area contributed by atoms with Gasteiger partial charge in [-0.25, -0.2) is 4.98 Å². The van der Waals surface area contributed by atoms with Crippen LogP contribution in [0.25, 0.3) is 6.08 Å². The molecule has 2 heterocycles. The van der Waals surface area contributed by atoms with Crippen LogP contribution < -0.4 is 4.74 Å². The Labute approximate surface area is 154 Å². The smallest absolute Gasteiger partial charge is 0.219 e. The summed E-state index contributed by atoms with van der Waals surface area (Å²) in [5, 5.41) is 0. The molecule has 1 spiro atoms. The normalized spacial score (nSPS) is 18.9. The van der Waals surface area contributed by atoms with E-state index in [1.165, 1.54) is 16.7 Å². The van der Waals surface area contributed by atoms with Crippen LogP contribution in [0.15, 0.2) is 42.1 Å². The van der Waals surface area contributed by atoms with Crippen LogP contribution in [0.5, 0.6) is 11.6 Å². The molecule has 2 fully saturated rings. The molecule has 136 valence electrons. The van der Waals surface area contributed by atoms with Crippen LogP contribution in [-0.4, -0.2) is 24.0 Å². The second-order valence-electron chi connectivity index (χ2n) is 7.27. The van der Waals surface area contributed by atoms with Gasteiger partial charge < -0.3 is 14.2 Å². The van der Waals surface area contributed by atoms with Crippen molar-refractivity contribution in [1.82, 2.24) is 4.98 Å². The predicted molar refractivity (Wildman–Crippen MR) is 101 cm³/mol. The van der Waals surface area contributed by atoms with E-state index in [4.69, 9.17) is 14.2 Å². The summed E-state index contributed by atoms with van der Waals surface area (Å²) >= 11 is 0. The lowest BCUT2D eigenvalue weighted by molar-refractivity contribution is -0.171. The van der Waals surface area contributed by atoms with Crippen LogP contribution in [0.4, 0.5) is 0 Å². The fourth-order valence-corrected chi connectivity index (χ4v) is 3.67. The van der Waals surface area contributed by atoms with E-state index in [0.717, 1.165) is 50.2 Å². The van der Waals surface area contributed by atoms with Crippen LogP contribution in [0.3, 0.4) is 0 Å². The molecule has 2 aliphatic rings. The minimum Gasteiger partial charge on any atom is -0.439 e. The van der Waals surface area contributed by atoms with E-state index in [0.29, 0.717) is 5.88 Å². The molecule has 1 aliphatic carbocycles. The highest BCUT2D eigenvalue weighted by Crippen LogP contribution is 2.38. The Kier molecular flexibility index (Phi) is 4.79. The molecule has 1 aliphatic heterocycles.